The van der Waals surface area contributed by atoms with E-state index in [-0.39, 0.29) is 17.7 Å². The van der Waals surface area contributed by atoms with Crippen molar-refractivity contribution in [1.82, 2.24) is 15.0 Å². The number of carbonyl (C=O) groups excluding carboxylic acids is 1. The van der Waals surface area contributed by atoms with Crippen LogP contribution in [0.5, 0.6) is 0 Å². The van der Waals surface area contributed by atoms with Crippen LogP contribution in [0.3, 0.4) is 0 Å². The molecule has 1 atom stereocenters. The number of amides is 1. The number of carbonyl (C=O) groups is 1. The third-order valence-electron chi connectivity index (χ3n) is 5.35. The second-order valence-corrected chi connectivity index (χ2v) is 6.83. The maximum Gasteiger partial charge on any atom is 0.293 e. The predicted octanol–water partition coefficient (Wildman–Crippen LogP) is 4.42. The number of hydrogen-bond acceptors (Lipinski definition) is 4. The molecule has 1 amide bonds. The van der Waals surface area contributed by atoms with Crippen LogP contribution in [-0.4, -0.2) is 26.0 Å². The SMILES string of the molecule is CCC1=C(O)C(=O)N(c2ccc3nc[nH]c3c2)C1c1ccnc2ccccc12. The normalized spacial score (nSPS) is 17.2. The second-order valence-electron chi connectivity index (χ2n) is 6.83. The lowest BCUT2D eigenvalue weighted by atomic mass is 9.94. The highest BCUT2D eigenvalue weighted by Gasteiger charge is 2.41. The zero-order valence-electron chi connectivity index (χ0n) is 15.3. The Labute approximate surface area is 161 Å². The van der Waals surface area contributed by atoms with Crippen LogP contribution < -0.4 is 4.90 Å². The van der Waals surface area contributed by atoms with Crippen molar-refractivity contribution in [3.05, 3.63) is 78.0 Å². The maximum absolute atomic E-state index is 13.0. The summed E-state index contributed by atoms with van der Waals surface area (Å²) < 4.78 is 0. The van der Waals surface area contributed by atoms with Crippen LogP contribution in [0.4, 0.5) is 5.69 Å². The summed E-state index contributed by atoms with van der Waals surface area (Å²) in [5.74, 6) is -0.556. The van der Waals surface area contributed by atoms with Crippen molar-refractivity contribution >= 4 is 33.5 Å². The second kappa shape index (κ2) is 6.20. The lowest BCUT2D eigenvalue weighted by Crippen LogP contribution is -2.30. The number of H-pyrrole nitrogens is 1. The van der Waals surface area contributed by atoms with Gasteiger partial charge in [-0.1, -0.05) is 25.1 Å². The van der Waals surface area contributed by atoms with Crippen LogP contribution in [0, 0.1) is 0 Å². The van der Waals surface area contributed by atoms with Crippen molar-refractivity contribution in [3.63, 3.8) is 0 Å². The van der Waals surface area contributed by atoms with Gasteiger partial charge < -0.3 is 10.1 Å². The number of benzene rings is 2. The molecule has 28 heavy (non-hydrogen) atoms. The first-order valence-corrected chi connectivity index (χ1v) is 9.21. The van der Waals surface area contributed by atoms with E-state index >= 15 is 0 Å². The topological polar surface area (TPSA) is 82.1 Å². The molecule has 0 saturated carbocycles. The Morgan fingerprint density at radius 3 is 2.82 bits per heavy atom. The first-order valence-electron chi connectivity index (χ1n) is 9.21. The summed E-state index contributed by atoms with van der Waals surface area (Å²) in [5, 5.41) is 11.6. The molecule has 3 heterocycles. The van der Waals surface area contributed by atoms with Crippen molar-refractivity contribution in [3.8, 4) is 0 Å². The molecule has 0 aliphatic carbocycles. The van der Waals surface area contributed by atoms with E-state index in [0.29, 0.717) is 17.7 Å². The third kappa shape index (κ3) is 2.31. The number of pyridine rings is 1. The number of imidazole rings is 1. The number of aliphatic hydroxyl groups excluding tert-OH is 1. The number of aromatic amines is 1. The summed E-state index contributed by atoms with van der Waals surface area (Å²) in [6.45, 7) is 1.96. The van der Waals surface area contributed by atoms with Crippen molar-refractivity contribution in [1.29, 1.82) is 0 Å². The summed E-state index contributed by atoms with van der Waals surface area (Å²) in [6, 6.07) is 15.0. The van der Waals surface area contributed by atoms with Gasteiger partial charge in [-0.3, -0.25) is 14.7 Å². The predicted molar refractivity (Wildman–Crippen MR) is 108 cm³/mol. The number of nitrogens with zero attached hydrogens (tertiary/aromatic N) is 3. The Morgan fingerprint density at radius 1 is 1.11 bits per heavy atom. The van der Waals surface area contributed by atoms with Gasteiger partial charge in [-0.25, -0.2) is 4.98 Å². The first-order chi connectivity index (χ1) is 13.7. The molecule has 6 heteroatoms. The van der Waals surface area contributed by atoms with E-state index in [2.05, 4.69) is 15.0 Å². The fraction of sp³-hybridized carbons (Fsp3) is 0.136. The molecule has 5 rings (SSSR count). The van der Waals surface area contributed by atoms with E-state index in [0.717, 1.165) is 27.5 Å². The van der Waals surface area contributed by atoms with Gasteiger partial charge in [0, 0.05) is 22.8 Å². The number of aliphatic hydroxyl groups is 1. The molecule has 4 aromatic rings. The highest BCUT2D eigenvalue weighted by molar-refractivity contribution is 6.10. The minimum absolute atomic E-state index is 0.168. The molecule has 2 aromatic carbocycles. The van der Waals surface area contributed by atoms with Crippen molar-refractivity contribution in [2.45, 2.75) is 19.4 Å². The summed E-state index contributed by atoms with van der Waals surface area (Å²) in [5.41, 5.74) is 4.90. The fourth-order valence-electron chi connectivity index (χ4n) is 4.04. The lowest BCUT2D eigenvalue weighted by molar-refractivity contribution is -0.117. The molecular weight excluding hydrogens is 352 g/mol. The zero-order valence-corrected chi connectivity index (χ0v) is 15.3. The first kappa shape index (κ1) is 16.5. The smallest absolute Gasteiger partial charge is 0.293 e. The minimum Gasteiger partial charge on any atom is -0.503 e. The van der Waals surface area contributed by atoms with Gasteiger partial charge in [-0.2, -0.15) is 0 Å². The summed E-state index contributed by atoms with van der Waals surface area (Å²) >= 11 is 0. The van der Waals surface area contributed by atoms with Crippen LogP contribution in [0.1, 0.15) is 24.9 Å². The number of rotatable bonds is 3. The lowest BCUT2D eigenvalue weighted by Gasteiger charge is -2.28. The van der Waals surface area contributed by atoms with Gasteiger partial charge in [0.2, 0.25) is 0 Å². The minimum atomic E-state index is -0.387. The molecule has 6 nitrogen and oxygen atoms in total. The van der Waals surface area contributed by atoms with E-state index < -0.39 is 0 Å². The van der Waals surface area contributed by atoms with Crippen molar-refractivity contribution < 1.29 is 9.90 Å². The van der Waals surface area contributed by atoms with Crippen LogP contribution >= 0.6 is 0 Å². The average Bonchev–Trinajstić information content (AvgIpc) is 3.29. The number of para-hydroxylation sites is 1. The monoisotopic (exact) mass is 370 g/mol. The van der Waals surface area contributed by atoms with Gasteiger partial charge in [0.15, 0.2) is 5.76 Å². The highest BCUT2D eigenvalue weighted by Crippen LogP contribution is 2.43. The molecule has 1 aliphatic rings. The van der Waals surface area contributed by atoms with Crippen LogP contribution in [0.2, 0.25) is 0 Å². The fourth-order valence-corrected chi connectivity index (χ4v) is 4.04. The molecule has 0 saturated heterocycles. The summed E-state index contributed by atoms with van der Waals surface area (Å²) in [6.07, 6.45) is 3.95. The van der Waals surface area contributed by atoms with Gasteiger partial charge >= 0.3 is 0 Å². The zero-order chi connectivity index (χ0) is 19.3. The molecule has 138 valence electrons. The Balaban J connectivity index is 1.74. The van der Waals surface area contributed by atoms with Gasteiger partial charge in [-0.15, -0.1) is 0 Å². The van der Waals surface area contributed by atoms with Gasteiger partial charge in [0.25, 0.3) is 5.91 Å². The highest BCUT2D eigenvalue weighted by atomic mass is 16.3. The molecule has 0 spiro atoms. The van der Waals surface area contributed by atoms with Crippen LogP contribution in [-0.2, 0) is 4.79 Å². The number of aromatic nitrogens is 3. The van der Waals surface area contributed by atoms with Gasteiger partial charge in [0.1, 0.15) is 0 Å². The molecule has 0 fully saturated rings. The Hall–Kier alpha value is -3.67. The van der Waals surface area contributed by atoms with E-state index in [4.69, 9.17) is 0 Å². The number of anilines is 1. The average molecular weight is 370 g/mol. The summed E-state index contributed by atoms with van der Waals surface area (Å²) in [7, 11) is 0. The van der Waals surface area contributed by atoms with Crippen LogP contribution in [0.15, 0.2) is 72.4 Å². The molecule has 2 aromatic heterocycles. The molecular formula is C22H18N4O2. The van der Waals surface area contributed by atoms with Crippen molar-refractivity contribution in [2.24, 2.45) is 0 Å². The van der Waals surface area contributed by atoms with Crippen molar-refractivity contribution in [2.75, 3.05) is 4.90 Å². The van der Waals surface area contributed by atoms with Crippen LogP contribution in [0.25, 0.3) is 21.9 Å². The number of hydrogen-bond donors (Lipinski definition) is 2. The number of nitrogens with one attached hydrogen (secondary N) is 1. The molecule has 0 radical (unpaired) electrons. The Morgan fingerprint density at radius 2 is 1.96 bits per heavy atom. The maximum atomic E-state index is 13.0. The Bertz CT molecular complexity index is 1250. The van der Waals surface area contributed by atoms with Gasteiger partial charge in [-0.05, 0) is 42.3 Å². The standard InChI is InChI=1S/C22H18N4O2/c1-2-14-20(16-9-10-23-17-6-4-3-5-15(16)17)26(22(28)21(14)27)13-7-8-18-19(11-13)25-12-24-18/h3-12,20,27H,2H2,1H3,(H,24,25). The largest absolute Gasteiger partial charge is 0.503 e. The molecule has 1 unspecified atom stereocenters. The quantitative estimate of drug-likeness (QED) is 0.559. The van der Waals surface area contributed by atoms with E-state index in [9.17, 15) is 9.90 Å². The summed E-state index contributed by atoms with van der Waals surface area (Å²) in [4.78, 5) is 26.5. The molecule has 1 aliphatic heterocycles. The third-order valence-corrected chi connectivity index (χ3v) is 5.35. The Kier molecular flexibility index (Phi) is 3.65. The van der Waals surface area contributed by atoms with E-state index in [1.54, 1.807) is 17.4 Å². The van der Waals surface area contributed by atoms with E-state index in [1.165, 1.54) is 0 Å². The van der Waals surface area contributed by atoms with Gasteiger partial charge in [0.05, 0.1) is 28.9 Å². The van der Waals surface area contributed by atoms with E-state index in [1.807, 2.05) is 55.5 Å². The number of fused-ring (bicyclic) bond motifs is 2. The molecule has 0 bridgehead atoms. The molecule has 2 N–H and O–H groups in total.